The molecule has 1 atom stereocenters. The average molecular weight is 366 g/mol. The molecule has 3 heterocycles. The lowest BCUT2D eigenvalue weighted by Crippen LogP contribution is -2.29. The molecule has 6 nitrogen and oxygen atoms in total. The zero-order valence-electron chi connectivity index (χ0n) is 14.7. The van der Waals surface area contributed by atoms with Gasteiger partial charge in [0, 0.05) is 31.3 Å². The second-order valence-corrected chi connectivity index (χ2v) is 6.68. The van der Waals surface area contributed by atoms with E-state index in [1.165, 1.54) is 12.1 Å². The molecule has 2 aromatic heterocycles. The van der Waals surface area contributed by atoms with Crippen LogP contribution < -0.4 is 0 Å². The number of amides is 1. The highest BCUT2D eigenvalue weighted by molar-refractivity contribution is 5.92. The maximum Gasteiger partial charge on any atom is 0.272 e. The highest BCUT2D eigenvalue weighted by Crippen LogP contribution is 2.23. The van der Waals surface area contributed by atoms with Crippen molar-refractivity contribution in [2.24, 2.45) is 5.92 Å². The Labute approximate surface area is 156 Å². The Hall–Kier alpha value is -3.09. The molecule has 1 aromatic carbocycles. The minimum absolute atomic E-state index is 0.0174. The van der Waals surface area contributed by atoms with Crippen LogP contribution in [0.25, 0.3) is 11.5 Å². The third-order valence-corrected chi connectivity index (χ3v) is 4.79. The smallest absolute Gasteiger partial charge is 0.272 e. The molecular weight excluding hydrogens is 347 g/mol. The molecule has 1 amide bonds. The molecule has 138 valence electrons. The summed E-state index contributed by atoms with van der Waals surface area (Å²) in [7, 11) is 0. The van der Waals surface area contributed by atoms with Crippen molar-refractivity contribution in [3.05, 3.63) is 66.0 Å². The van der Waals surface area contributed by atoms with E-state index in [0.717, 1.165) is 25.9 Å². The Bertz CT molecular complexity index is 911. The lowest BCUT2D eigenvalue weighted by atomic mass is 10.0. The van der Waals surface area contributed by atoms with Crippen LogP contribution in [0.3, 0.4) is 0 Å². The molecule has 0 N–H and O–H groups in total. The van der Waals surface area contributed by atoms with Crippen molar-refractivity contribution in [1.29, 1.82) is 0 Å². The number of benzene rings is 1. The predicted octanol–water partition coefficient (Wildman–Crippen LogP) is 3.37. The molecule has 4 rings (SSSR count). The molecule has 7 heteroatoms. The fourth-order valence-electron chi connectivity index (χ4n) is 3.30. The number of hydrogen-bond acceptors (Lipinski definition) is 5. The van der Waals surface area contributed by atoms with Crippen LogP contribution in [0, 0.1) is 11.7 Å². The van der Waals surface area contributed by atoms with Crippen LogP contribution in [0.4, 0.5) is 4.39 Å². The van der Waals surface area contributed by atoms with Gasteiger partial charge in [-0.3, -0.25) is 9.78 Å². The number of carbonyl (C=O) groups is 1. The molecular formula is C20H19FN4O2. The van der Waals surface area contributed by atoms with Gasteiger partial charge in [-0.25, -0.2) is 4.39 Å². The van der Waals surface area contributed by atoms with E-state index in [4.69, 9.17) is 4.52 Å². The number of halogens is 1. The van der Waals surface area contributed by atoms with Gasteiger partial charge in [-0.2, -0.15) is 4.98 Å². The van der Waals surface area contributed by atoms with Gasteiger partial charge in [0.1, 0.15) is 11.5 Å². The minimum Gasteiger partial charge on any atom is -0.337 e. The van der Waals surface area contributed by atoms with Crippen molar-refractivity contribution in [2.75, 3.05) is 13.1 Å². The van der Waals surface area contributed by atoms with Crippen LogP contribution in [0.1, 0.15) is 29.2 Å². The topological polar surface area (TPSA) is 72.1 Å². The molecule has 1 saturated heterocycles. The van der Waals surface area contributed by atoms with Crippen molar-refractivity contribution in [1.82, 2.24) is 20.0 Å². The summed E-state index contributed by atoms with van der Waals surface area (Å²) >= 11 is 0. The standard InChI is InChI=1S/C20H19FN4O2/c21-16-7-5-15(6-8-16)19-23-18(24-27-19)9-4-14-10-12-25(13-14)20(26)17-3-1-2-11-22-17/h1-3,5-8,11,14H,4,9-10,12-13H2. The zero-order chi connectivity index (χ0) is 18.6. The largest absolute Gasteiger partial charge is 0.337 e. The van der Waals surface area contributed by atoms with Crippen LogP contribution in [-0.4, -0.2) is 39.0 Å². The fourth-order valence-corrected chi connectivity index (χ4v) is 3.30. The number of nitrogens with zero attached hydrogens (tertiary/aromatic N) is 4. The number of carbonyl (C=O) groups excluding carboxylic acids is 1. The van der Waals surface area contributed by atoms with Gasteiger partial charge in [-0.15, -0.1) is 0 Å². The van der Waals surface area contributed by atoms with Crippen molar-refractivity contribution >= 4 is 5.91 Å². The van der Waals surface area contributed by atoms with E-state index in [9.17, 15) is 9.18 Å². The van der Waals surface area contributed by atoms with Crippen molar-refractivity contribution in [3.8, 4) is 11.5 Å². The number of hydrogen-bond donors (Lipinski definition) is 0. The maximum atomic E-state index is 13.0. The van der Waals surface area contributed by atoms with Gasteiger partial charge in [-0.1, -0.05) is 11.2 Å². The average Bonchev–Trinajstić information content (AvgIpc) is 3.37. The second kappa shape index (κ2) is 7.65. The first-order valence-electron chi connectivity index (χ1n) is 8.98. The molecule has 0 saturated carbocycles. The first-order valence-corrected chi connectivity index (χ1v) is 8.98. The molecule has 3 aromatic rings. The molecule has 0 radical (unpaired) electrons. The molecule has 0 spiro atoms. The Morgan fingerprint density at radius 3 is 2.85 bits per heavy atom. The summed E-state index contributed by atoms with van der Waals surface area (Å²) < 4.78 is 18.3. The van der Waals surface area contributed by atoms with E-state index in [-0.39, 0.29) is 11.7 Å². The fraction of sp³-hybridized carbons (Fsp3) is 0.300. The van der Waals surface area contributed by atoms with Crippen molar-refractivity contribution < 1.29 is 13.7 Å². The van der Waals surface area contributed by atoms with E-state index < -0.39 is 0 Å². The summed E-state index contributed by atoms with van der Waals surface area (Å²) in [5, 5.41) is 4.01. The van der Waals surface area contributed by atoms with E-state index >= 15 is 0 Å². The number of rotatable bonds is 5. The Balaban J connectivity index is 1.31. The van der Waals surface area contributed by atoms with Crippen LogP contribution >= 0.6 is 0 Å². The summed E-state index contributed by atoms with van der Waals surface area (Å²) in [5.41, 5.74) is 1.18. The highest BCUT2D eigenvalue weighted by atomic mass is 19.1. The predicted molar refractivity (Wildman–Crippen MR) is 96.3 cm³/mol. The number of aromatic nitrogens is 3. The molecule has 1 unspecified atom stereocenters. The molecule has 1 fully saturated rings. The third-order valence-electron chi connectivity index (χ3n) is 4.79. The lowest BCUT2D eigenvalue weighted by Gasteiger charge is -2.15. The Morgan fingerprint density at radius 1 is 1.22 bits per heavy atom. The van der Waals surface area contributed by atoms with Crippen molar-refractivity contribution in [3.63, 3.8) is 0 Å². The van der Waals surface area contributed by atoms with Gasteiger partial charge in [0.2, 0.25) is 0 Å². The van der Waals surface area contributed by atoms with E-state index in [1.807, 2.05) is 11.0 Å². The van der Waals surface area contributed by atoms with Gasteiger partial charge < -0.3 is 9.42 Å². The molecule has 1 aliphatic rings. The van der Waals surface area contributed by atoms with E-state index in [2.05, 4.69) is 15.1 Å². The Kier molecular flexibility index (Phi) is 4.91. The highest BCUT2D eigenvalue weighted by Gasteiger charge is 2.27. The third kappa shape index (κ3) is 4.02. The molecule has 1 aliphatic heterocycles. The van der Waals surface area contributed by atoms with Gasteiger partial charge >= 0.3 is 0 Å². The number of likely N-dealkylation sites (tertiary alicyclic amines) is 1. The normalized spacial score (nSPS) is 16.6. The summed E-state index contributed by atoms with van der Waals surface area (Å²) in [5.74, 6) is 1.11. The van der Waals surface area contributed by atoms with Crippen molar-refractivity contribution in [2.45, 2.75) is 19.3 Å². The summed E-state index contributed by atoms with van der Waals surface area (Å²) in [4.78, 5) is 22.8. The first-order chi connectivity index (χ1) is 13.2. The lowest BCUT2D eigenvalue weighted by molar-refractivity contribution is 0.0781. The van der Waals surface area contributed by atoms with E-state index in [0.29, 0.717) is 35.3 Å². The quantitative estimate of drug-likeness (QED) is 0.692. The SMILES string of the molecule is O=C(c1ccccn1)N1CCC(CCc2noc(-c3ccc(F)cc3)n2)C1. The van der Waals surface area contributed by atoms with Gasteiger partial charge in [0.25, 0.3) is 11.8 Å². The second-order valence-electron chi connectivity index (χ2n) is 6.68. The monoisotopic (exact) mass is 366 g/mol. The van der Waals surface area contributed by atoms with Gasteiger partial charge in [-0.05, 0) is 55.2 Å². The minimum atomic E-state index is -0.301. The molecule has 0 aliphatic carbocycles. The van der Waals surface area contributed by atoms with Crippen LogP contribution in [-0.2, 0) is 6.42 Å². The summed E-state index contributed by atoms with van der Waals surface area (Å²) in [6.07, 6.45) is 4.16. The van der Waals surface area contributed by atoms with Crippen LogP contribution in [0.2, 0.25) is 0 Å². The molecule has 27 heavy (non-hydrogen) atoms. The summed E-state index contributed by atoms with van der Waals surface area (Å²) in [6, 6.07) is 11.3. The Morgan fingerprint density at radius 2 is 2.07 bits per heavy atom. The van der Waals surface area contributed by atoms with Gasteiger partial charge in [0.05, 0.1) is 0 Å². The zero-order valence-corrected chi connectivity index (χ0v) is 14.7. The summed E-state index contributed by atoms with van der Waals surface area (Å²) in [6.45, 7) is 1.46. The maximum absolute atomic E-state index is 13.0. The number of pyridine rings is 1. The molecule has 0 bridgehead atoms. The van der Waals surface area contributed by atoms with E-state index in [1.54, 1.807) is 30.5 Å². The number of aryl methyl sites for hydroxylation is 1. The van der Waals surface area contributed by atoms with Crippen LogP contribution in [0.5, 0.6) is 0 Å². The first kappa shape index (κ1) is 17.3. The van der Waals surface area contributed by atoms with Gasteiger partial charge in [0.15, 0.2) is 5.82 Å². The van der Waals surface area contributed by atoms with Crippen LogP contribution in [0.15, 0.2) is 53.2 Å².